The summed E-state index contributed by atoms with van der Waals surface area (Å²) in [7, 11) is 0. The summed E-state index contributed by atoms with van der Waals surface area (Å²) in [6.45, 7) is 19.1. The summed E-state index contributed by atoms with van der Waals surface area (Å²) >= 11 is 6.25. The Morgan fingerprint density at radius 3 is 2.28 bits per heavy atom. The lowest BCUT2D eigenvalue weighted by molar-refractivity contribution is -0.164. The molecule has 69 heavy (non-hydrogen) atoms. The van der Waals surface area contributed by atoms with Crippen LogP contribution in [0.5, 0.6) is 5.75 Å². The van der Waals surface area contributed by atoms with Gasteiger partial charge in [-0.15, -0.1) is 0 Å². The zero-order chi connectivity index (χ0) is 50.0. The third-order valence-electron chi connectivity index (χ3n) is 14.1. The minimum Gasteiger partial charge on any atom is -0.489 e. The van der Waals surface area contributed by atoms with Crippen molar-refractivity contribution < 1.29 is 33.8 Å². The molecule has 4 N–H and O–H groups in total. The maximum Gasteiger partial charge on any atom is 0.253 e. The molecule has 3 fully saturated rings. The second-order valence-corrected chi connectivity index (χ2v) is 21.5. The Morgan fingerprint density at radius 1 is 0.986 bits per heavy atom. The second kappa shape index (κ2) is 20.5. The number of carbonyl (C=O) groups is 4. The molecule has 0 spiro atoms. The molecule has 2 saturated heterocycles. The second-order valence-electron chi connectivity index (χ2n) is 21.1. The van der Waals surface area contributed by atoms with E-state index in [1.807, 2.05) is 75.7 Å². The van der Waals surface area contributed by atoms with Crippen LogP contribution in [0.2, 0.25) is 5.02 Å². The molecular formula is C52H66ClN9O7. The Kier molecular flexibility index (Phi) is 15.1. The predicted molar refractivity (Wildman–Crippen MR) is 262 cm³/mol. The Morgan fingerprint density at radius 2 is 1.68 bits per heavy atom. The van der Waals surface area contributed by atoms with E-state index in [1.165, 1.54) is 4.90 Å². The highest BCUT2D eigenvalue weighted by atomic mass is 35.5. The highest BCUT2D eigenvalue weighted by molar-refractivity contribution is 6.31. The fourth-order valence-electron chi connectivity index (χ4n) is 10.5. The summed E-state index contributed by atoms with van der Waals surface area (Å²) in [5, 5.41) is 29.4. The molecule has 1 saturated carbocycles. The van der Waals surface area contributed by atoms with Crippen LogP contribution in [0.25, 0.3) is 5.69 Å². The third-order valence-corrected chi connectivity index (χ3v) is 14.4. The van der Waals surface area contributed by atoms with Gasteiger partial charge in [0.25, 0.3) is 5.91 Å². The highest BCUT2D eigenvalue weighted by Crippen LogP contribution is 2.55. The first kappa shape index (κ1) is 50.8. The monoisotopic (exact) mass is 963 g/mol. The van der Waals surface area contributed by atoms with E-state index in [4.69, 9.17) is 21.1 Å². The lowest BCUT2D eigenvalue weighted by Crippen LogP contribution is -2.74. The van der Waals surface area contributed by atoms with Crippen molar-refractivity contribution in [2.45, 2.75) is 118 Å². The molecule has 4 aromatic rings. The van der Waals surface area contributed by atoms with E-state index in [0.29, 0.717) is 28.5 Å². The summed E-state index contributed by atoms with van der Waals surface area (Å²) < 4.78 is 14.2. The quantitative estimate of drug-likeness (QED) is 0.104. The first-order valence-corrected chi connectivity index (χ1v) is 24.1. The van der Waals surface area contributed by atoms with Gasteiger partial charge in [0.05, 0.1) is 34.9 Å². The van der Waals surface area contributed by atoms with Gasteiger partial charge in [0.1, 0.15) is 48.3 Å². The number of aromatic nitrogens is 3. The first-order chi connectivity index (χ1) is 32.6. The lowest BCUT2D eigenvalue weighted by Gasteiger charge is -2.63. The molecule has 3 aliphatic rings. The largest absolute Gasteiger partial charge is 0.489 e. The number of aliphatic hydroxyl groups excluding tert-OH is 1. The minimum absolute atomic E-state index is 0.0224. The van der Waals surface area contributed by atoms with Crippen LogP contribution >= 0.6 is 11.6 Å². The molecule has 0 unspecified atom stereocenters. The molecule has 1 aliphatic carbocycles. The van der Waals surface area contributed by atoms with Crippen LogP contribution in [0.1, 0.15) is 108 Å². The number of β-amino-alcohol motifs (C(OH)–C–C–N with tert-alkyl or cyclic N) is 1. The number of benzene rings is 2. The number of imidazole rings is 1. The lowest BCUT2D eigenvalue weighted by atomic mass is 9.49. The molecule has 0 bridgehead atoms. The maximum absolute atomic E-state index is 14.2. The van der Waals surface area contributed by atoms with Crippen LogP contribution in [0.4, 0.5) is 5.82 Å². The van der Waals surface area contributed by atoms with Crippen molar-refractivity contribution in [1.82, 2.24) is 35.4 Å². The average Bonchev–Trinajstić information content (AvgIpc) is 3.93. The van der Waals surface area contributed by atoms with E-state index in [2.05, 4.69) is 64.6 Å². The van der Waals surface area contributed by atoms with E-state index in [0.717, 1.165) is 48.8 Å². The van der Waals surface area contributed by atoms with Crippen molar-refractivity contribution in [3.63, 3.8) is 0 Å². The smallest absolute Gasteiger partial charge is 0.253 e. The number of rotatable bonds is 15. The number of ether oxygens (including phenoxy) is 2. The molecule has 2 aromatic heterocycles. The van der Waals surface area contributed by atoms with Gasteiger partial charge in [-0.25, -0.2) is 9.97 Å². The molecule has 4 amide bonds. The summed E-state index contributed by atoms with van der Waals surface area (Å²) in [4.78, 5) is 67.2. The van der Waals surface area contributed by atoms with Crippen molar-refractivity contribution in [3.05, 3.63) is 101 Å². The molecule has 7 rings (SSSR count). The summed E-state index contributed by atoms with van der Waals surface area (Å²) in [6.07, 6.45) is 5.83. The number of nitrogens with one attached hydrogen (secondary N) is 3. The molecule has 2 aliphatic heterocycles. The number of anilines is 1. The van der Waals surface area contributed by atoms with E-state index >= 15 is 0 Å². The van der Waals surface area contributed by atoms with Crippen molar-refractivity contribution in [1.29, 1.82) is 5.26 Å². The molecular weight excluding hydrogens is 898 g/mol. The van der Waals surface area contributed by atoms with E-state index < -0.39 is 46.2 Å². The molecule has 2 aromatic carbocycles. The molecule has 4 heterocycles. The number of aryl methyl sites for hydroxylation is 1. The Bertz CT molecular complexity index is 2530. The van der Waals surface area contributed by atoms with Crippen LogP contribution < -0.4 is 25.6 Å². The first-order valence-electron chi connectivity index (χ1n) is 23.7. The maximum atomic E-state index is 14.2. The fraction of sp³-hybridized carbons (Fsp3) is 0.519. The number of hydrogen-bond donors (Lipinski definition) is 4. The number of nitriles is 1. The van der Waals surface area contributed by atoms with Crippen molar-refractivity contribution in [3.8, 4) is 17.5 Å². The van der Waals surface area contributed by atoms with Crippen LogP contribution in [-0.2, 0) is 19.1 Å². The van der Waals surface area contributed by atoms with Crippen molar-refractivity contribution in [2.75, 3.05) is 37.7 Å². The normalized spacial score (nSPS) is 21.9. The topological polar surface area (TPSA) is 204 Å². The third kappa shape index (κ3) is 11.2. The van der Waals surface area contributed by atoms with Crippen molar-refractivity contribution >= 4 is 41.0 Å². The Balaban J connectivity index is 0.850. The number of aliphatic hydroxyl groups is 1. The van der Waals surface area contributed by atoms with Crippen molar-refractivity contribution in [2.24, 2.45) is 22.2 Å². The van der Waals surface area contributed by atoms with Crippen LogP contribution in [0.15, 0.2) is 73.2 Å². The summed E-state index contributed by atoms with van der Waals surface area (Å²) in [5.41, 5.74) is 1.15. The number of nitrogens with zero attached hydrogens (tertiary/aromatic N) is 6. The molecule has 4 atom stereocenters. The SMILES string of the molecule is Cc1nccn1-c1ccc([C@H](C)NC(=O)[C@@H]2C[C@@H](O)CN2C(=O)[C@@H](NC(=O)COCC2CCN(c3ccc(C(=O)NC4C(C)(C)C(Oc5ccc(C#N)c(Cl)c5)C4(C)C)cn3)CC2)C(C)(C)C)cc1. The Hall–Kier alpha value is -6.02. The van der Waals surface area contributed by atoms with Gasteiger partial charge >= 0.3 is 0 Å². The van der Waals surface area contributed by atoms with Gasteiger partial charge in [-0.3, -0.25) is 19.2 Å². The number of amides is 4. The van der Waals surface area contributed by atoms with Gasteiger partial charge in [-0.05, 0) is 80.0 Å². The number of hydrogen-bond acceptors (Lipinski definition) is 11. The zero-order valence-electron chi connectivity index (χ0n) is 41.1. The van der Waals surface area contributed by atoms with Gasteiger partial charge in [-0.1, -0.05) is 72.2 Å². The van der Waals surface area contributed by atoms with Crippen LogP contribution in [0, 0.1) is 40.4 Å². The Labute approximate surface area is 410 Å². The number of pyridine rings is 1. The number of likely N-dealkylation sites (tertiary alicyclic amines) is 1. The number of halogens is 1. The number of carbonyl (C=O) groups excluding carboxylic acids is 4. The zero-order valence-corrected chi connectivity index (χ0v) is 41.8. The standard InChI is InChI=1S/C52H66ClN9O7/c1-31(34-10-14-37(15-11-34)61-23-20-55-32(61)2)57-46(66)41-24-38(63)28-62(41)47(67)44(50(3,4)5)58-43(64)30-68-29-33-18-21-60(22-19-33)42-17-13-36(27-56-42)45(65)59-48-51(6,7)49(52(48,8)9)69-39-16-12-35(26-54)40(53)25-39/h10-17,20,23,25,27,31,33,38,41,44,48-49,63H,18-19,21-22,24,28-30H2,1-9H3,(H,57,66)(H,58,64)(H,59,65)/t31-,38+,41-,44+,48?,49?/m0/s1. The number of piperidine rings is 1. The van der Waals surface area contributed by atoms with Gasteiger partial charge in [0, 0.05) is 73.3 Å². The molecule has 16 nitrogen and oxygen atoms in total. The molecule has 17 heteroatoms. The highest BCUT2D eigenvalue weighted by Gasteiger charge is 2.64. The van der Waals surface area contributed by atoms with Gasteiger partial charge in [0.15, 0.2) is 0 Å². The van der Waals surface area contributed by atoms with Gasteiger partial charge < -0.3 is 44.9 Å². The van der Waals surface area contributed by atoms with E-state index in [-0.39, 0.29) is 55.5 Å². The summed E-state index contributed by atoms with van der Waals surface area (Å²) in [6, 6.07) is 16.1. The fourth-order valence-corrected chi connectivity index (χ4v) is 10.7. The average molecular weight is 965 g/mol. The van der Waals surface area contributed by atoms with E-state index in [9.17, 15) is 29.5 Å². The minimum atomic E-state index is -0.968. The molecule has 368 valence electrons. The van der Waals surface area contributed by atoms with Gasteiger partial charge in [0.2, 0.25) is 17.7 Å². The van der Waals surface area contributed by atoms with Gasteiger partial charge in [-0.2, -0.15) is 5.26 Å². The summed E-state index contributed by atoms with van der Waals surface area (Å²) in [5.74, 6) is 0.939. The van der Waals surface area contributed by atoms with Crippen LogP contribution in [0.3, 0.4) is 0 Å². The van der Waals surface area contributed by atoms with Crippen LogP contribution in [-0.4, -0.2) is 111 Å². The van der Waals surface area contributed by atoms with E-state index in [1.54, 1.807) is 36.7 Å². The predicted octanol–water partition coefficient (Wildman–Crippen LogP) is 6.32. The molecule has 0 radical (unpaired) electrons.